The van der Waals surface area contributed by atoms with E-state index in [-0.39, 0.29) is 29.6 Å². The topological polar surface area (TPSA) is 174 Å². The molecule has 2 fully saturated rings. The van der Waals surface area contributed by atoms with E-state index in [2.05, 4.69) is 36.8 Å². The van der Waals surface area contributed by atoms with Crippen molar-refractivity contribution in [3.8, 4) is 0 Å². The summed E-state index contributed by atoms with van der Waals surface area (Å²) in [4.78, 5) is 75.4. The number of amides is 4. The van der Waals surface area contributed by atoms with Crippen molar-refractivity contribution >= 4 is 35.4 Å². The van der Waals surface area contributed by atoms with E-state index in [4.69, 9.17) is 0 Å². The van der Waals surface area contributed by atoms with Gasteiger partial charge in [-0.15, -0.1) is 0 Å². The van der Waals surface area contributed by atoms with Gasteiger partial charge in [0.05, 0.1) is 18.5 Å². The molecule has 4 amide bonds. The summed E-state index contributed by atoms with van der Waals surface area (Å²) in [5.74, 6) is -4.75. The Labute approximate surface area is 224 Å². The number of rotatable bonds is 3. The van der Waals surface area contributed by atoms with Gasteiger partial charge in [0.2, 0.25) is 11.7 Å². The van der Waals surface area contributed by atoms with Crippen LogP contribution >= 0.6 is 0 Å². The highest BCUT2D eigenvalue weighted by Crippen LogP contribution is 2.34. The number of ketones is 2. The first-order valence-corrected chi connectivity index (χ1v) is 13.4. The number of aliphatic carboxylic acids is 1. The summed E-state index contributed by atoms with van der Waals surface area (Å²) in [5, 5.41) is 17.7. The fourth-order valence-corrected chi connectivity index (χ4v) is 4.88. The highest BCUT2D eigenvalue weighted by Gasteiger charge is 2.39. The largest absolute Gasteiger partial charge is 0.481 e. The van der Waals surface area contributed by atoms with E-state index < -0.39 is 54.1 Å². The van der Waals surface area contributed by atoms with Gasteiger partial charge in [-0.3, -0.25) is 29.3 Å². The minimum absolute atomic E-state index is 0.0800. The molecule has 2 aliphatic heterocycles. The fraction of sp³-hybridized carbons (Fsp3) is 0.769. The van der Waals surface area contributed by atoms with E-state index in [9.17, 15) is 33.9 Å². The van der Waals surface area contributed by atoms with Crippen LogP contribution in [0.2, 0.25) is 0 Å². The molecule has 214 valence electrons. The smallest absolute Gasteiger partial charge is 0.315 e. The first kappa shape index (κ1) is 31.4. The Kier molecular flexibility index (Phi) is 11.4. The summed E-state index contributed by atoms with van der Waals surface area (Å²) >= 11 is 0. The number of fused-ring (bicyclic) bond motifs is 1. The minimum atomic E-state index is -1.55. The van der Waals surface area contributed by atoms with Crippen LogP contribution in [0.3, 0.4) is 0 Å². The number of carbonyl (C=O) groups is 6. The maximum Gasteiger partial charge on any atom is 0.315 e. The third-order valence-electron chi connectivity index (χ3n) is 7.28. The van der Waals surface area contributed by atoms with Crippen molar-refractivity contribution in [2.45, 2.75) is 97.7 Å². The molecule has 0 bridgehead atoms. The van der Waals surface area contributed by atoms with E-state index in [1.807, 2.05) is 5.32 Å². The Bertz CT molecular complexity index is 914. The Morgan fingerprint density at radius 1 is 1.05 bits per heavy atom. The Morgan fingerprint density at radius 3 is 2.34 bits per heavy atom. The van der Waals surface area contributed by atoms with Crippen LogP contribution in [0.1, 0.15) is 79.6 Å². The number of urea groups is 1. The van der Waals surface area contributed by atoms with Crippen molar-refractivity contribution in [3.63, 3.8) is 0 Å². The lowest BCUT2D eigenvalue weighted by Crippen LogP contribution is -2.59. The number of hydrogen-bond acceptors (Lipinski definition) is 8. The van der Waals surface area contributed by atoms with Gasteiger partial charge in [0.15, 0.2) is 5.78 Å². The third-order valence-corrected chi connectivity index (χ3v) is 7.28. The zero-order valence-electron chi connectivity index (χ0n) is 23.1. The molecule has 12 heteroatoms. The average Bonchev–Trinajstić information content (AvgIpc) is 3.27. The zero-order chi connectivity index (χ0) is 28.6. The van der Waals surface area contributed by atoms with Crippen LogP contribution in [-0.2, 0) is 24.0 Å². The third kappa shape index (κ3) is 9.16. The molecule has 0 radical (unpaired) electrons. The van der Waals surface area contributed by atoms with E-state index in [1.54, 1.807) is 18.9 Å². The monoisotopic (exact) mass is 537 g/mol. The quantitative estimate of drug-likeness (QED) is 0.261. The number of hydrogen-bond donors (Lipinski definition) is 5. The Morgan fingerprint density at radius 2 is 1.74 bits per heavy atom. The van der Waals surface area contributed by atoms with E-state index in [1.165, 1.54) is 0 Å². The van der Waals surface area contributed by atoms with Crippen LogP contribution in [-0.4, -0.2) is 76.7 Å². The number of carboxylic acid groups (broad SMARTS) is 1. The molecule has 2 saturated heterocycles. The number of carbonyl (C=O) groups excluding carboxylic acids is 5. The summed E-state index contributed by atoms with van der Waals surface area (Å²) in [6.07, 6.45) is 3.19. The van der Waals surface area contributed by atoms with Gasteiger partial charge in [-0.25, -0.2) is 15.2 Å². The number of nitrogens with one attached hydrogen (secondary N) is 4. The first-order valence-electron chi connectivity index (χ1n) is 13.4. The van der Waals surface area contributed by atoms with Crippen LogP contribution in [0.5, 0.6) is 0 Å². The van der Waals surface area contributed by atoms with Crippen molar-refractivity contribution in [1.29, 1.82) is 0 Å². The standard InChI is InChI=1S/C26H43N5O7/c1-15(2)21-22(35)24(37)29-23(36)17(14-20(33)34)28-25(38)27-11-7-6-9-16(26(3,4)5)13-19(32)18-10-8-12-31(18)30-21/h15-18,21,30H,6-14H2,1-5H3,(H,33,34)(H2,27,28,38)(H,29,36,37)/t16?,17-,18-,21-/m0/s1. The van der Waals surface area contributed by atoms with E-state index in [0.717, 1.165) is 19.3 Å². The van der Waals surface area contributed by atoms with Gasteiger partial charge in [0.25, 0.3) is 5.91 Å². The summed E-state index contributed by atoms with van der Waals surface area (Å²) in [6, 6.07) is -3.74. The van der Waals surface area contributed by atoms with Crippen molar-refractivity contribution in [3.05, 3.63) is 0 Å². The maximum absolute atomic E-state index is 13.4. The second-order valence-corrected chi connectivity index (χ2v) is 11.7. The number of carboxylic acids is 1. The Hall–Kier alpha value is -2.86. The molecule has 0 aromatic carbocycles. The van der Waals surface area contributed by atoms with Gasteiger partial charge in [0, 0.05) is 19.5 Å². The molecule has 0 aromatic heterocycles. The molecule has 2 rings (SSSR count). The lowest BCUT2D eigenvalue weighted by Gasteiger charge is -2.34. The van der Waals surface area contributed by atoms with Crippen molar-refractivity contribution < 1.29 is 33.9 Å². The molecule has 4 atom stereocenters. The SMILES string of the molecule is CC(C)[C@@H]1NN2CCC[C@H]2C(=O)CC(C(C)(C)C)CCCCNC(=O)N[C@@H](CC(=O)O)C(=O)NC(=O)C1=O. The summed E-state index contributed by atoms with van der Waals surface area (Å²) in [7, 11) is 0. The van der Waals surface area contributed by atoms with Crippen molar-refractivity contribution in [2.24, 2.45) is 17.3 Å². The van der Waals surface area contributed by atoms with Gasteiger partial charge in [-0.2, -0.15) is 0 Å². The van der Waals surface area contributed by atoms with E-state index in [0.29, 0.717) is 25.8 Å². The molecule has 0 aromatic rings. The molecule has 2 aliphatic rings. The van der Waals surface area contributed by atoms with Crippen LogP contribution in [0, 0.1) is 17.3 Å². The molecule has 0 aliphatic carbocycles. The van der Waals surface area contributed by atoms with Crippen molar-refractivity contribution in [1.82, 2.24) is 26.4 Å². The minimum Gasteiger partial charge on any atom is -0.481 e. The molecule has 0 spiro atoms. The second-order valence-electron chi connectivity index (χ2n) is 11.7. The van der Waals surface area contributed by atoms with Crippen molar-refractivity contribution in [2.75, 3.05) is 13.1 Å². The Balaban J connectivity index is 2.33. The van der Waals surface area contributed by atoms with Gasteiger partial charge in [-0.05, 0) is 42.9 Å². The first-order chi connectivity index (χ1) is 17.7. The predicted octanol–water partition coefficient (Wildman–Crippen LogP) is 1.14. The molecular formula is C26H43N5O7. The van der Waals surface area contributed by atoms with Gasteiger partial charge in [-0.1, -0.05) is 41.0 Å². The molecule has 5 N–H and O–H groups in total. The molecular weight excluding hydrogens is 494 g/mol. The summed E-state index contributed by atoms with van der Waals surface area (Å²) < 4.78 is 0. The lowest BCUT2D eigenvalue weighted by atomic mass is 9.74. The van der Waals surface area contributed by atoms with Crippen LogP contribution < -0.4 is 21.4 Å². The van der Waals surface area contributed by atoms with E-state index >= 15 is 0 Å². The van der Waals surface area contributed by atoms with Gasteiger partial charge >= 0.3 is 12.0 Å². The van der Waals surface area contributed by atoms with Crippen LogP contribution in [0.25, 0.3) is 0 Å². The molecule has 12 nitrogen and oxygen atoms in total. The second kappa shape index (κ2) is 13.8. The lowest BCUT2D eigenvalue weighted by molar-refractivity contribution is -0.145. The van der Waals surface area contributed by atoms with Gasteiger partial charge < -0.3 is 15.7 Å². The number of imide groups is 1. The normalized spacial score (nSPS) is 28.0. The van der Waals surface area contributed by atoms with Crippen LogP contribution in [0.4, 0.5) is 4.79 Å². The highest BCUT2D eigenvalue weighted by atomic mass is 16.4. The predicted molar refractivity (Wildman–Crippen MR) is 139 cm³/mol. The van der Waals surface area contributed by atoms with Crippen LogP contribution in [0.15, 0.2) is 0 Å². The average molecular weight is 538 g/mol. The molecule has 1 unspecified atom stereocenters. The summed E-state index contributed by atoms with van der Waals surface area (Å²) in [6.45, 7) is 10.6. The molecule has 0 saturated carbocycles. The highest BCUT2D eigenvalue weighted by molar-refractivity contribution is 6.40. The summed E-state index contributed by atoms with van der Waals surface area (Å²) in [5.41, 5.74) is 2.96. The number of nitrogens with zero attached hydrogens (tertiary/aromatic N) is 1. The molecule has 38 heavy (non-hydrogen) atoms. The maximum atomic E-state index is 13.4. The zero-order valence-corrected chi connectivity index (χ0v) is 23.1. The number of hydrazine groups is 1. The fourth-order valence-electron chi connectivity index (χ4n) is 4.88. The van der Waals surface area contributed by atoms with Gasteiger partial charge in [0.1, 0.15) is 6.04 Å². The number of Topliss-reactive ketones (excluding diaryl/α,β-unsaturated/α-hetero) is 2. The molecule has 2 heterocycles.